The van der Waals surface area contributed by atoms with E-state index in [1.807, 2.05) is 6.07 Å². The smallest absolute Gasteiger partial charge is 0.119 e. The molecule has 1 aliphatic rings. The summed E-state index contributed by atoms with van der Waals surface area (Å²) in [6.45, 7) is 4.17. The third kappa shape index (κ3) is 1.79. The van der Waals surface area contributed by atoms with Crippen molar-refractivity contribution < 1.29 is 4.74 Å². The molecule has 0 saturated carbocycles. The second kappa shape index (κ2) is 4.11. The summed E-state index contributed by atoms with van der Waals surface area (Å²) in [6, 6.07) is 6.71. The number of likely N-dealkylation sites (N-methyl/N-ethyl adjacent to an activating group) is 2. The van der Waals surface area contributed by atoms with Crippen LogP contribution in [0.15, 0.2) is 18.2 Å². The van der Waals surface area contributed by atoms with Crippen molar-refractivity contribution in [2.24, 2.45) is 0 Å². The molecule has 0 amide bonds. The van der Waals surface area contributed by atoms with E-state index in [2.05, 4.69) is 36.3 Å². The lowest BCUT2D eigenvalue weighted by Gasteiger charge is -2.12. The molecule has 0 aromatic heterocycles. The number of nitrogens with zero attached hydrogens (tertiary/aromatic N) is 1. The number of benzene rings is 1. The van der Waals surface area contributed by atoms with Gasteiger partial charge in [-0.15, -0.1) is 0 Å². The maximum absolute atomic E-state index is 5.25. The number of ether oxygens (including phenoxy) is 1. The fraction of sp³-hybridized carbons (Fsp3) is 0.500. The van der Waals surface area contributed by atoms with Gasteiger partial charge in [-0.05, 0) is 30.3 Å². The van der Waals surface area contributed by atoms with E-state index in [1.54, 1.807) is 7.11 Å². The first-order chi connectivity index (χ1) is 7.26. The minimum atomic E-state index is 0.435. The molecule has 0 aliphatic carbocycles. The average Bonchev–Trinajstić information content (AvgIpc) is 2.56. The van der Waals surface area contributed by atoms with Crippen LogP contribution in [0.4, 0.5) is 5.69 Å². The van der Waals surface area contributed by atoms with E-state index >= 15 is 0 Å². The first-order valence-corrected chi connectivity index (χ1v) is 5.38. The van der Waals surface area contributed by atoms with Gasteiger partial charge in [0, 0.05) is 19.3 Å². The van der Waals surface area contributed by atoms with Crippen molar-refractivity contribution in [3.05, 3.63) is 23.8 Å². The molecule has 3 nitrogen and oxygen atoms in total. The third-order valence-corrected chi connectivity index (χ3v) is 2.93. The number of anilines is 1. The van der Waals surface area contributed by atoms with Crippen LogP contribution in [0.3, 0.4) is 0 Å². The number of methoxy groups -OCH3 is 1. The Labute approximate surface area is 91.0 Å². The van der Waals surface area contributed by atoms with Crippen LogP contribution in [-0.4, -0.2) is 27.2 Å². The van der Waals surface area contributed by atoms with Crippen LogP contribution in [0.2, 0.25) is 0 Å². The van der Waals surface area contributed by atoms with Gasteiger partial charge in [-0.3, -0.25) is 0 Å². The van der Waals surface area contributed by atoms with E-state index < -0.39 is 0 Å². The van der Waals surface area contributed by atoms with Gasteiger partial charge in [0.2, 0.25) is 0 Å². The van der Waals surface area contributed by atoms with Gasteiger partial charge < -0.3 is 15.0 Å². The van der Waals surface area contributed by atoms with E-state index in [1.165, 1.54) is 11.3 Å². The van der Waals surface area contributed by atoms with E-state index in [0.717, 1.165) is 18.8 Å². The zero-order valence-corrected chi connectivity index (χ0v) is 9.58. The van der Waals surface area contributed by atoms with Gasteiger partial charge in [0.15, 0.2) is 0 Å². The Kier molecular flexibility index (Phi) is 2.82. The lowest BCUT2D eigenvalue weighted by molar-refractivity contribution is 0.414. The highest BCUT2D eigenvalue weighted by atomic mass is 16.5. The summed E-state index contributed by atoms with van der Waals surface area (Å²) in [5.41, 5.74) is 2.65. The number of hydrogen-bond acceptors (Lipinski definition) is 3. The Balaban J connectivity index is 2.34. The number of rotatable bonds is 3. The van der Waals surface area contributed by atoms with Crippen molar-refractivity contribution in [2.45, 2.75) is 13.0 Å². The van der Waals surface area contributed by atoms with Crippen molar-refractivity contribution in [1.82, 2.24) is 5.32 Å². The lowest BCUT2D eigenvalue weighted by Crippen LogP contribution is -2.25. The summed E-state index contributed by atoms with van der Waals surface area (Å²) >= 11 is 0. The Morgan fingerprint density at radius 2 is 2.33 bits per heavy atom. The van der Waals surface area contributed by atoms with Gasteiger partial charge in [0.25, 0.3) is 0 Å². The molecule has 1 heterocycles. The van der Waals surface area contributed by atoms with Crippen LogP contribution in [0.25, 0.3) is 0 Å². The summed E-state index contributed by atoms with van der Waals surface area (Å²) in [5, 5.41) is 3.49. The summed E-state index contributed by atoms with van der Waals surface area (Å²) < 4.78 is 5.25. The van der Waals surface area contributed by atoms with Gasteiger partial charge in [0.05, 0.1) is 13.2 Å². The molecule has 1 aliphatic heterocycles. The van der Waals surface area contributed by atoms with Crippen LogP contribution < -0.4 is 15.0 Å². The van der Waals surface area contributed by atoms with E-state index in [9.17, 15) is 0 Å². The van der Waals surface area contributed by atoms with Gasteiger partial charge in [-0.2, -0.15) is 0 Å². The maximum atomic E-state index is 5.25. The van der Waals surface area contributed by atoms with Gasteiger partial charge in [-0.1, -0.05) is 6.92 Å². The van der Waals surface area contributed by atoms with Crippen LogP contribution in [0.1, 0.15) is 18.5 Å². The quantitative estimate of drug-likeness (QED) is 0.816. The Hall–Kier alpha value is -1.22. The Morgan fingerprint density at radius 3 is 3.00 bits per heavy atom. The molecule has 0 spiro atoms. The summed E-state index contributed by atoms with van der Waals surface area (Å²) in [6.07, 6.45) is 0. The molecule has 0 fully saturated rings. The maximum Gasteiger partial charge on any atom is 0.119 e. The Morgan fingerprint density at radius 1 is 1.53 bits per heavy atom. The molecular formula is C12H18N2O. The largest absolute Gasteiger partial charge is 0.497 e. The molecule has 1 aromatic carbocycles. The molecule has 2 rings (SSSR count). The van der Waals surface area contributed by atoms with Crippen molar-refractivity contribution in [1.29, 1.82) is 0 Å². The fourth-order valence-electron chi connectivity index (χ4n) is 2.18. The normalized spacial score (nSPS) is 19.1. The molecule has 82 valence electrons. The minimum Gasteiger partial charge on any atom is -0.497 e. The highest BCUT2D eigenvalue weighted by molar-refractivity contribution is 5.61. The first kappa shape index (κ1) is 10.3. The number of hydrogen-bond donors (Lipinski definition) is 1. The molecular weight excluding hydrogens is 188 g/mol. The average molecular weight is 206 g/mol. The molecule has 1 atom stereocenters. The zero-order chi connectivity index (χ0) is 10.8. The van der Waals surface area contributed by atoms with Crippen molar-refractivity contribution in [3.63, 3.8) is 0 Å². The second-order valence-electron chi connectivity index (χ2n) is 3.92. The molecule has 1 aromatic rings. The fourth-order valence-corrected chi connectivity index (χ4v) is 2.18. The zero-order valence-electron chi connectivity index (χ0n) is 9.58. The topological polar surface area (TPSA) is 24.5 Å². The second-order valence-corrected chi connectivity index (χ2v) is 3.92. The molecule has 0 bridgehead atoms. The van der Waals surface area contributed by atoms with Crippen LogP contribution in [-0.2, 0) is 0 Å². The van der Waals surface area contributed by atoms with Gasteiger partial charge in [0.1, 0.15) is 5.75 Å². The predicted molar refractivity (Wildman–Crippen MR) is 62.7 cm³/mol. The third-order valence-electron chi connectivity index (χ3n) is 2.93. The molecule has 0 saturated heterocycles. The minimum absolute atomic E-state index is 0.435. The SMILES string of the molecule is CCNC1CN(C)c2ccc(OC)cc21. The predicted octanol–water partition coefficient (Wildman–Crippen LogP) is 1.80. The number of fused-ring (bicyclic) bond motifs is 1. The van der Waals surface area contributed by atoms with Crippen molar-refractivity contribution in [3.8, 4) is 5.75 Å². The van der Waals surface area contributed by atoms with E-state index in [0.29, 0.717) is 6.04 Å². The van der Waals surface area contributed by atoms with Crippen LogP contribution in [0, 0.1) is 0 Å². The lowest BCUT2D eigenvalue weighted by atomic mass is 10.1. The monoisotopic (exact) mass is 206 g/mol. The standard InChI is InChI=1S/C12H18N2O/c1-4-13-11-8-14(2)12-6-5-9(15-3)7-10(11)12/h5-7,11,13H,4,8H2,1-3H3. The molecule has 3 heteroatoms. The summed E-state index contributed by atoms with van der Waals surface area (Å²) in [7, 11) is 3.84. The van der Waals surface area contributed by atoms with Crippen LogP contribution in [0.5, 0.6) is 5.75 Å². The van der Waals surface area contributed by atoms with Crippen molar-refractivity contribution >= 4 is 5.69 Å². The highest BCUT2D eigenvalue weighted by Gasteiger charge is 2.25. The van der Waals surface area contributed by atoms with E-state index in [4.69, 9.17) is 4.74 Å². The summed E-state index contributed by atoms with van der Waals surface area (Å²) in [4.78, 5) is 2.28. The van der Waals surface area contributed by atoms with Gasteiger partial charge >= 0.3 is 0 Å². The molecule has 15 heavy (non-hydrogen) atoms. The van der Waals surface area contributed by atoms with E-state index in [-0.39, 0.29) is 0 Å². The summed E-state index contributed by atoms with van der Waals surface area (Å²) in [5.74, 6) is 0.937. The molecule has 1 unspecified atom stereocenters. The highest BCUT2D eigenvalue weighted by Crippen LogP contribution is 2.35. The number of nitrogens with one attached hydrogen (secondary N) is 1. The van der Waals surface area contributed by atoms with Gasteiger partial charge in [-0.25, -0.2) is 0 Å². The first-order valence-electron chi connectivity index (χ1n) is 5.38. The molecule has 0 radical (unpaired) electrons. The van der Waals surface area contributed by atoms with Crippen LogP contribution >= 0.6 is 0 Å². The Bertz CT molecular complexity index is 351. The molecule has 1 N–H and O–H groups in total. The van der Waals surface area contributed by atoms with Crippen molar-refractivity contribution in [2.75, 3.05) is 32.1 Å².